The van der Waals surface area contributed by atoms with Crippen LogP contribution in [-0.4, -0.2) is 140 Å². The van der Waals surface area contributed by atoms with E-state index in [9.17, 15) is 15.3 Å². The Kier molecular flexibility index (Phi) is 21.9. The number of aliphatic hydroxyl groups excluding tert-OH is 3. The summed E-state index contributed by atoms with van der Waals surface area (Å²) in [6.07, 6.45) is -4.68. The van der Waals surface area contributed by atoms with Crippen LogP contribution in [0.2, 0.25) is 0 Å². The maximum absolute atomic E-state index is 11.2. The summed E-state index contributed by atoms with van der Waals surface area (Å²) in [5, 5.41) is 33.3. The van der Waals surface area contributed by atoms with E-state index < -0.39 is 80.3 Å². The lowest BCUT2D eigenvalue weighted by atomic mass is 9.82. The van der Waals surface area contributed by atoms with Crippen molar-refractivity contribution < 1.29 is 72.2 Å². The number of benzene rings is 2. The molecule has 7 rings (SSSR count). The maximum Gasteiger partial charge on any atom is 0.187 e. The summed E-state index contributed by atoms with van der Waals surface area (Å²) >= 11 is 0. The van der Waals surface area contributed by atoms with Crippen molar-refractivity contribution in [3.63, 3.8) is 0 Å². The molecular formula is C52H79O15P. The average molecular weight is 975 g/mol. The lowest BCUT2D eigenvalue weighted by molar-refractivity contribution is -0.388. The predicted octanol–water partition coefficient (Wildman–Crippen LogP) is 6.68. The molecule has 0 amide bonds. The molecule has 5 aliphatic rings. The molecule has 2 aromatic rings. The molecule has 3 N–H and O–H groups in total. The highest BCUT2D eigenvalue weighted by Gasteiger charge is 2.54. The first-order chi connectivity index (χ1) is 32.8. The Morgan fingerprint density at radius 1 is 0.603 bits per heavy atom. The molecule has 382 valence electrons. The van der Waals surface area contributed by atoms with E-state index in [4.69, 9.17) is 56.8 Å². The zero-order valence-corrected chi connectivity index (χ0v) is 42.1. The first-order valence-corrected chi connectivity index (χ1v) is 25.3. The van der Waals surface area contributed by atoms with Gasteiger partial charge in [0.2, 0.25) is 0 Å². The van der Waals surface area contributed by atoms with Crippen LogP contribution in [0.4, 0.5) is 0 Å². The molecule has 5 saturated heterocycles. The monoisotopic (exact) mass is 975 g/mol. The predicted molar refractivity (Wildman–Crippen MR) is 257 cm³/mol. The van der Waals surface area contributed by atoms with Gasteiger partial charge in [0.15, 0.2) is 31.5 Å². The van der Waals surface area contributed by atoms with Gasteiger partial charge in [0.25, 0.3) is 0 Å². The summed E-state index contributed by atoms with van der Waals surface area (Å²) < 4.78 is 73.1. The second-order valence-electron chi connectivity index (χ2n) is 18.7. The van der Waals surface area contributed by atoms with E-state index in [1.807, 2.05) is 81.4 Å². The van der Waals surface area contributed by atoms with Crippen molar-refractivity contribution in [3.05, 3.63) is 97.1 Å². The topological polar surface area (TPSA) is 171 Å². The van der Waals surface area contributed by atoms with E-state index in [1.165, 1.54) is 0 Å². The first kappa shape index (κ1) is 55.1. The van der Waals surface area contributed by atoms with Gasteiger partial charge in [-0.25, -0.2) is 0 Å². The Balaban J connectivity index is 0.000000224. The molecule has 15 nitrogen and oxygen atoms in total. The molecule has 0 spiro atoms. The van der Waals surface area contributed by atoms with Gasteiger partial charge >= 0.3 is 0 Å². The third-order valence-corrected chi connectivity index (χ3v) is 14.5. The maximum atomic E-state index is 11.2. The van der Waals surface area contributed by atoms with Crippen molar-refractivity contribution in [3.8, 4) is 0 Å². The number of rotatable bonds is 19. The number of ether oxygens (including phenoxy) is 12. The molecule has 68 heavy (non-hydrogen) atoms. The number of aliphatic hydroxyl groups is 3. The molecular weight excluding hydrogens is 896 g/mol. The molecule has 5 heterocycles. The second-order valence-corrected chi connectivity index (χ2v) is 19.0. The quantitative estimate of drug-likeness (QED) is 0.101. The molecule has 0 bridgehead atoms. The zero-order chi connectivity index (χ0) is 48.9. The van der Waals surface area contributed by atoms with Crippen LogP contribution in [0.1, 0.15) is 78.7 Å². The molecule has 5 fully saturated rings. The van der Waals surface area contributed by atoms with Crippen LogP contribution in [0.5, 0.6) is 0 Å². The summed E-state index contributed by atoms with van der Waals surface area (Å²) in [7, 11) is 2.51. The van der Waals surface area contributed by atoms with Crippen LogP contribution in [0.15, 0.2) is 86.0 Å². The standard InChI is InChI=1S/C27H43O7P.C25H36O8/c1-6-13-30-26-19(5)24(23(28)22(33-26)15-29-16-35)34-27-25(18(4)17(3)21(7-2)32-27)31-14-20-11-9-8-10-12-20;1-5-12-28-24-20(27)22(33-25-19(26)15(4)14(3)17(6-2)30-25)21-18(31-24)13-29-23(32-21)16-10-8-7-9-11-16/h6,8-12,17-19,21-28H,1,7,13-16,35H2,2-5H3;5,7-11,14-15,17-27H,1,6,12-13H2,2-4H3. The highest BCUT2D eigenvalue weighted by Crippen LogP contribution is 2.41. The lowest BCUT2D eigenvalue weighted by Crippen LogP contribution is -2.65. The summed E-state index contributed by atoms with van der Waals surface area (Å²) in [6, 6.07) is 19.7. The van der Waals surface area contributed by atoms with Crippen molar-refractivity contribution in [2.24, 2.45) is 29.6 Å². The fourth-order valence-corrected chi connectivity index (χ4v) is 9.87. The van der Waals surface area contributed by atoms with Crippen LogP contribution in [0.25, 0.3) is 0 Å². The highest BCUT2D eigenvalue weighted by atomic mass is 31.0. The Hall–Kier alpha value is -2.25. The van der Waals surface area contributed by atoms with Crippen LogP contribution in [0, 0.1) is 29.6 Å². The third-order valence-electron chi connectivity index (χ3n) is 14.2. The summed E-state index contributed by atoms with van der Waals surface area (Å²) in [6.45, 7) is 23.4. The first-order valence-electron chi connectivity index (χ1n) is 24.5. The van der Waals surface area contributed by atoms with Gasteiger partial charge in [0, 0.05) is 11.5 Å². The fourth-order valence-electron chi connectivity index (χ4n) is 9.73. The second kappa shape index (κ2) is 27.0. The van der Waals surface area contributed by atoms with E-state index in [1.54, 1.807) is 12.2 Å². The minimum atomic E-state index is -1.16. The molecule has 22 atom stereocenters. The van der Waals surface area contributed by atoms with Gasteiger partial charge in [0.05, 0.1) is 57.7 Å². The van der Waals surface area contributed by atoms with Crippen LogP contribution in [0.3, 0.4) is 0 Å². The van der Waals surface area contributed by atoms with E-state index >= 15 is 0 Å². The van der Waals surface area contributed by atoms with Crippen molar-refractivity contribution in [2.45, 2.75) is 167 Å². The van der Waals surface area contributed by atoms with Crippen molar-refractivity contribution in [2.75, 3.05) is 32.8 Å². The van der Waals surface area contributed by atoms with Crippen LogP contribution < -0.4 is 0 Å². The van der Waals surface area contributed by atoms with Gasteiger partial charge in [0.1, 0.15) is 48.8 Å². The third kappa shape index (κ3) is 13.6. The fraction of sp³-hybridized carbons (Fsp3) is 0.692. The van der Waals surface area contributed by atoms with Gasteiger partial charge in [-0.3, -0.25) is 0 Å². The smallest absolute Gasteiger partial charge is 0.187 e. The number of fused-ring (bicyclic) bond motifs is 1. The molecule has 16 heteroatoms. The van der Waals surface area contributed by atoms with Gasteiger partial charge in [-0.15, -0.1) is 22.4 Å². The molecule has 0 aliphatic carbocycles. The van der Waals surface area contributed by atoms with E-state index in [0.29, 0.717) is 25.5 Å². The molecule has 22 unspecified atom stereocenters. The normalized spacial score (nSPS) is 40.6. The molecule has 5 aliphatic heterocycles. The van der Waals surface area contributed by atoms with E-state index in [-0.39, 0.29) is 61.8 Å². The summed E-state index contributed by atoms with van der Waals surface area (Å²) in [5.74, 6) is 0.429. The van der Waals surface area contributed by atoms with Gasteiger partial charge in [-0.1, -0.05) is 121 Å². The SMILES string of the molecule is C=CCOC1OC(COCP)C(O)C(OC2OC(CC)C(C)C(C)C2OCc2ccccc2)C1C.C=CCOC1OC2COC(c3ccccc3)OC2C(OC2OC(CC)C(C)C(C)C2O)C1O. The van der Waals surface area contributed by atoms with Crippen LogP contribution in [-0.2, 0) is 63.4 Å². The Labute approximate surface area is 406 Å². The summed E-state index contributed by atoms with van der Waals surface area (Å²) in [5.41, 5.74) is 1.95. The average Bonchev–Trinajstić information content (AvgIpc) is 3.36. The van der Waals surface area contributed by atoms with E-state index in [0.717, 1.165) is 24.0 Å². The van der Waals surface area contributed by atoms with Crippen molar-refractivity contribution in [1.29, 1.82) is 0 Å². The zero-order valence-electron chi connectivity index (χ0n) is 40.9. The van der Waals surface area contributed by atoms with Gasteiger partial charge in [-0.05, 0) is 42.1 Å². The van der Waals surface area contributed by atoms with Crippen molar-refractivity contribution >= 4 is 9.24 Å². The number of hydrogen-bond donors (Lipinski definition) is 3. The minimum absolute atomic E-state index is 0.0260. The minimum Gasteiger partial charge on any atom is -0.388 e. The highest BCUT2D eigenvalue weighted by molar-refractivity contribution is 7.16. The van der Waals surface area contributed by atoms with Crippen LogP contribution >= 0.6 is 9.24 Å². The Bertz CT molecular complexity index is 1760. The molecule has 0 radical (unpaired) electrons. The lowest BCUT2D eigenvalue weighted by Gasteiger charge is -2.50. The Morgan fingerprint density at radius 3 is 1.82 bits per heavy atom. The van der Waals surface area contributed by atoms with Gasteiger partial charge in [-0.2, -0.15) is 0 Å². The van der Waals surface area contributed by atoms with Gasteiger partial charge < -0.3 is 72.2 Å². The van der Waals surface area contributed by atoms with Crippen molar-refractivity contribution in [1.82, 2.24) is 0 Å². The Morgan fingerprint density at radius 2 is 1.19 bits per heavy atom. The largest absolute Gasteiger partial charge is 0.388 e. The molecule has 2 aromatic carbocycles. The summed E-state index contributed by atoms with van der Waals surface area (Å²) in [4.78, 5) is 0. The molecule has 0 saturated carbocycles. The molecule has 0 aromatic heterocycles. The van der Waals surface area contributed by atoms with E-state index in [2.05, 4.69) is 50.1 Å². The number of hydrogen-bond acceptors (Lipinski definition) is 15.